The van der Waals surface area contributed by atoms with Gasteiger partial charge in [0.1, 0.15) is 0 Å². The van der Waals surface area contributed by atoms with E-state index >= 15 is 0 Å². The number of nitrogens with one attached hydrogen (secondary N) is 2. The van der Waals surface area contributed by atoms with Crippen LogP contribution in [0.3, 0.4) is 0 Å². The predicted octanol–water partition coefficient (Wildman–Crippen LogP) is 1.78. The zero-order chi connectivity index (χ0) is 19.2. The topological polar surface area (TPSA) is 125 Å². The molecule has 0 aliphatic carbocycles. The first-order valence-electron chi connectivity index (χ1n) is 7.99. The lowest BCUT2D eigenvalue weighted by Crippen LogP contribution is -2.22. The summed E-state index contributed by atoms with van der Waals surface area (Å²) in [6.07, 6.45) is 0.284. The summed E-state index contributed by atoms with van der Waals surface area (Å²) in [7, 11) is 0. The number of ether oxygens (including phenoxy) is 1. The van der Waals surface area contributed by atoms with Crippen molar-refractivity contribution in [1.29, 1.82) is 5.26 Å². The number of amides is 1. The molecule has 1 heterocycles. The molecule has 0 radical (unpaired) electrons. The number of aromatic amines is 1. The van der Waals surface area contributed by atoms with Crippen molar-refractivity contribution in [1.82, 2.24) is 10.2 Å². The van der Waals surface area contributed by atoms with Crippen LogP contribution in [0.1, 0.15) is 16.1 Å². The molecule has 8 heteroatoms. The Hall–Kier alpha value is -3.99. The van der Waals surface area contributed by atoms with Crippen molar-refractivity contribution in [3.8, 4) is 6.07 Å². The number of carbonyl (C=O) groups excluding carboxylic acids is 2. The van der Waals surface area contributed by atoms with Gasteiger partial charge in [-0.2, -0.15) is 10.4 Å². The fourth-order valence-electron chi connectivity index (χ4n) is 2.46. The quantitative estimate of drug-likeness (QED) is 0.667. The minimum Gasteiger partial charge on any atom is -0.451 e. The Labute approximate surface area is 153 Å². The molecule has 2 aromatic carbocycles. The van der Waals surface area contributed by atoms with Crippen molar-refractivity contribution < 1.29 is 14.3 Å². The van der Waals surface area contributed by atoms with Crippen molar-refractivity contribution in [2.45, 2.75) is 6.42 Å². The second kappa shape index (κ2) is 7.93. The van der Waals surface area contributed by atoms with Gasteiger partial charge in [-0.3, -0.25) is 9.59 Å². The molecule has 0 fully saturated rings. The Morgan fingerprint density at radius 3 is 2.52 bits per heavy atom. The van der Waals surface area contributed by atoms with Gasteiger partial charge in [-0.05, 0) is 23.8 Å². The highest BCUT2D eigenvalue weighted by molar-refractivity contribution is 6.03. The van der Waals surface area contributed by atoms with Gasteiger partial charge in [0.25, 0.3) is 11.5 Å². The molecule has 1 aromatic heterocycles. The highest BCUT2D eigenvalue weighted by Gasteiger charge is 2.16. The van der Waals surface area contributed by atoms with Crippen LogP contribution in [0.2, 0.25) is 0 Å². The van der Waals surface area contributed by atoms with Gasteiger partial charge in [-0.15, -0.1) is 0 Å². The minimum absolute atomic E-state index is 0.0705. The van der Waals surface area contributed by atoms with Gasteiger partial charge >= 0.3 is 5.97 Å². The number of anilines is 1. The normalized spacial score (nSPS) is 10.2. The third kappa shape index (κ3) is 4.16. The number of H-pyrrole nitrogens is 1. The summed E-state index contributed by atoms with van der Waals surface area (Å²) in [5.41, 5.74) is 0.863. The van der Waals surface area contributed by atoms with Crippen LogP contribution in [0.15, 0.2) is 53.3 Å². The standard InChI is InChI=1S/C19H14N4O4/c20-10-9-12-5-7-13(8-6-12)21-16(24)11-27-19(26)17-14-3-1-2-4-15(14)18(25)23-22-17/h1-8H,9,11H2,(H,21,24)(H,23,25). The summed E-state index contributed by atoms with van der Waals surface area (Å²) in [5.74, 6) is -1.34. The Morgan fingerprint density at radius 1 is 1.11 bits per heavy atom. The average molecular weight is 362 g/mol. The van der Waals surface area contributed by atoms with Crippen molar-refractivity contribution >= 4 is 28.3 Å². The molecule has 3 aromatic rings. The van der Waals surface area contributed by atoms with Crippen molar-refractivity contribution in [3.63, 3.8) is 0 Å². The number of esters is 1. The molecule has 0 saturated carbocycles. The van der Waals surface area contributed by atoms with Gasteiger partial charge in [-0.25, -0.2) is 9.89 Å². The molecule has 0 aliphatic rings. The second-order valence-corrected chi connectivity index (χ2v) is 5.60. The summed E-state index contributed by atoms with van der Waals surface area (Å²) >= 11 is 0. The van der Waals surface area contributed by atoms with Gasteiger partial charge in [0, 0.05) is 11.1 Å². The van der Waals surface area contributed by atoms with E-state index in [2.05, 4.69) is 15.5 Å². The van der Waals surface area contributed by atoms with Gasteiger partial charge in [0.05, 0.1) is 17.9 Å². The van der Waals surface area contributed by atoms with Crippen LogP contribution in [0.4, 0.5) is 5.69 Å². The number of nitrogens with zero attached hydrogens (tertiary/aromatic N) is 2. The molecule has 0 unspecified atom stereocenters. The minimum atomic E-state index is -0.818. The lowest BCUT2D eigenvalue weighted by molar-refractivity contribution is -0.119. The van der Waals surface area contributed by atoms with Crippen molar-refractivity contribution in [2.24, 2.45) is 0 Å². The van der Waals surface area contributed by atoms with Gasteiger partial charge in [0.2, 0.25) is 0 Å². The van der Waals surface area contributed by atoms with Crippen LogP contribution in [0, 0.1) is 11.3 Å². The first-order valence-corrected chi connectivity index (χ1v) is 7.99. The summed E-state index contributed by atoms with van der Waals surface area (Å²) in [4.78, 5) is 35.9. The van der Waals surface area contributed by atoms with Crippen molar-refractivity contribution in [2.75, 3.05) is 11.9 Å². The molecule has 134 valence electrons. The van der Waals surface area contributed by atoms with E-state index < -0.39 is 24.0 Å². The van der Waals surface area contributed by atoms with Crippen LogP contribution in [-0.4, -0.2) is 28.7 Å². The maximum absolute atomic E-state index is 12.2. The summed E-state index contributed by atoms with van der Waals surface area (Å²) in [6.45, 7) is -0.506. The fourth-order valence-corrected chi connectivity index (χ4v) is 2.46. The first-order chi connectivity index (χ1) is 13.1. The van der Waals surface area contributed by atoms with E-state index in [0.717, 1.165) is 5.56 Å². The lowest BCUT2D eigenvalue weighted by atomic mass is 10.1. The molecule has 0 spiro atoms. The Bertz CT molecular complexity index is 1100. The Kier molecular flexibility index (Phi) is 5.23. The molecule has 0 saturated heterocycles. The third-order valence-corrected chi connectivity index (χ3v) is 3.74. The molecule has 3 rings (SSSR count). The fraction of sp³-hybridized carbons (Fsp3) is 0.105. The number of nitriles is 1. The molecule has 1 amide bonds. The first kappa shape index (κ1) is 17.8. The SMILES string of the molecule is N#CCc1ccc(NC(=O)COC(=O)c2n[nH]c(=O)c3ccccc23)cc1. The number of hydrogen-bond acceptors (Lipinski definition) is 6. The summed E-state index contributed by atoms with van der Waals surface area (Å²) in [5, 5.41) is 17.8. The number of carbonyl (C=O) groups is 2. The monoisotopic (exact) mass is 362 g/mol. The second-order valence-electron chi connectivity index (χ2n) is 5.60. The Morgan fingerprint density at radius 2 is 1.81 bits per heavy atom. The number of fused-ring (bicyclic) bond motifs is 1. The average Bonchev–Trinajstić information content (AvgIpc) is 2.68. The smallest absolute Gasteiger partial charge is 0.359 e. The molecular formula is C19H14N4O4. The molecule has 2 N–H and O–H groups in total. The third-order valence-electron chi connectivity index (χ3n) is 3.74. The van der Waals surface area contributed by atoms with Gasteiger partial charge in [0.15, 0.2) is 12.3 Å². The number of aromatic nitrogens is 2. The van der Waals surface area contributed by atoms with Crippen LogP contribution in [0.25, 0.3) is 10.8 Å². The van der Waals surface area contributed by atoms with Crippen molar-refractivity contribution in [3.05, 3.63) is 70.1 Å². The van der Waals surface area contributed by atoms with E-state index in [9.17, 15) is 14.4 Å². The zero-order valence-electron chi connectivity index (χ0n) is 14.1. The predicted molar refractivity (Wildman–Crippen MR) is 97.0 cm³/mol. The summed E-state index contributed by atoms with van der Waals surface area (Å²) < 4.78 is 4.99. The largest absolute Gasteiger partial charge is 0.451 e. The van der Waals surface area contributed by atoms with Crippen LogP contribution in [-0.2, 0) is 16.0 Å². The highest BCUT2D eigenvalue weighted by atomic mass is 16.5. The van der Waals surface area contributed by atoms with E-state index in [1.54, 1.807) is 48.5 Å². The molecule has 0 bridgehead atoms. The van der Waals surface area contributed by atoms with Crippen LogP contribution in [0.5, 0.6) is 0 Å². The molecule has 0 aliphatic heterocycles. The number of hydrogen-bond donors (Lipinski definition) is 2. The molecule has 0 atom stereocenters. The maximum atomic E-state index is 12.2. The molecule has 27 heavy (non-hydrogen) atoms. The van der Waals surface area contributed by atoms with E-state index in [1.165, 1.54) is 0 Å². The number of rotatable bonds is 5. The Balaban J connectivity index is 1.64. The number of benzene rings is 2. The zero-order valence-corrected chi connectivity index (χ0v) is 14.1. The molecule has 8 nitrogen and oxygen atoms in total. The van der Waals surface area contributed by atoms with Gasteiger partial charge < -0.3 is 10.1 Å². The molecular weight excluding hydrogens is 348 g/mol. The maximum Gasteiger partial charge on any atom is 0.359 e. The lowest BCUT2D eigenvalue weighted by Gasteiger charge is -2.08. The van der Waals surface area contributed by atoms with E-state index in [0.29, 0.717) is 16.5 Å². The summed E-state index contributed by atoms with van der Waals surface area (Å²) in [6, 6.07) is 15.3. The van der Waals surface area contributed by atoms with E-state index in [1.807, 2.05) is 6.07 Å². The van der Waals surface area contributed by atoms with Crippen LogP contribution >= 0.6 is 0 Å². The van der Waals surface area contributed by atoms with E-state index in [-0.39, 0.29) is 12.1 Å². The highest BCUT2D eigenvalue weighted by Crippen LogP contribution is 2.13. The van der Waals surface area contributed by atoms with Crippen LogP contribution < -0.4 is 10.9 Å². The van der Waals surface area contributed by atoms with E-state index in [4.69, 9.17) is 10.00 Å². The van der Waals surface area contributed by atoms with Gasteiger partial charge in [-0.1, -0.05) is 30.3 Å².